The van der Waals surface area contributed by atoms with E-state index in [-0.39, 0.29) is 11.6 Å². The van der Waals surface area contributed by atoms with Crippen molar-refractivity contribution >= 4 is 5.84 Å². The molecule has 1 aromatic rings. The molecule has 0 saturated carbocycles. The lowest BCUT2D eigenvalue weighted by Crippen LogP contribution is -2.17. The van der Waals surface area contributed by atoms with Crippen molar-refractivity contribution in [2.45, 2.75) is 0 Å². The molecular formula is C8H10N2O. The normalized spacial score (nSPS) is 9.18. The van der Waals surface area contributed by atoms with Crippen molar-refractivity contribution in [2.24, 2.45) is 0 Å². The van der Waals surface area contributed by atoms with Gasteiger partial charge >= 0.3 is 0 Å². The summed E-state index contributed by atoms with van der Waals surface area (Å²) in [5.74, 6) is 0.356. The van der Waals surface area contributed by atoms with Crippen molar-refractivity contribution in [1.29, 1.82) is 5.41 Å². The lowest BCUT2D eigenvalue weighted by atomic mass is 10.2. The highest BCUT2D eigenvalue weighted by Gasteiger charge is 2.02. The summed E-state index contributed by atoms with van der Waals surface area (Å²) in [6.45, 7) is 0. The van der Waals surface area contributed by atoms with Crippen LogP contribution in [0.5, 0.6) is 5.75 Å². The van der Waals surface area contributed by atoms with Crippen molar-refractivity contribution in [3.8, 4) is 5.75 Å². The average Bonchev–Trinajstić information content (AvgIpc) is 2.04. The predicted octanol–water partition coefficient (Wildman–Crippen LogP) is 0.937. The Morgan fingerprint density at radius 3 is 2.64 bits per heavy atom. The van der Waals surface area contributed by atoms with Crippen LogP contribution in [0.25, 0.3) is 0 Å². The maximum absolute atomic E-state index is 9.23. The monoisotopic (exact) mass is 150 g/mol. The van der Waals surface area contributed by atoms with Crippen LogP contribution in [-0.2, 0) is 0 Å². The summed E-state index contributed by atoms with van der Waals surface area (Å²) in [5, 5.41) is 19.2. The first-order valence-corrected chi connectivity index (χ1v) is 3.30. The minimum Gasteiger partial charge on any atom is -0.507 e. The zero-order valence-corrected chi connectivity index (χ0v) is 6.26. The van der Waals surface area contributed by atoms with Crippen molar-refractivity contribution in [1.82, 2.24) is 5.32 Å². The van der Waals surface area contributed by atoms with Gasteiger partial charge in [-0.15, -0.1) is 0 Å². The SMILES string of the molecule is CNC(=N)c1ccccc1O. The topological polar surface area (TPSA) is 56.1 Å². The molecule has 0 amide bonds. The highest BCUT2D eigenvalue weighted by Crippen LogP contribution is 2.14. The van der Waals surface area contributed by atoms with Gasteiger partial charge in [-0.1, -0.05) is 12.1 Å². The van der Waals surface area contributed by atoms with Crippen LogP contribution in [0.3, 0.4) is 0 Å². The molecule has 0 aliphatic heterocycles. The Kier molecular flexibility index (Phi) is 2.11. The van der Waals surface area contributed by atoms with E-state index in [9.17, 15) is 5.11 Å². The van der Waals surface area contributed by atoms with E-state index >= 15 is 0 Å². The molecule has 1 rings (SSSR count). The molecule has 0 aromatic heterocycles. The van der Waals surface area contributed by atoms with Crippen LogP contribution in [-0.4, -0.2) is 18.0 Å². The van der Waals surface area contributed by atoms with Crippen LogP contribution in [0, 0.1) is 5.41 Å². The smallest absolute Gasteiger partial charge is 0.128 e. The summed E-state index contributed by atoms with van der Waals surface area (Å²) >= 11 is 0. The summed E-state index contributed by atoms with van der Waals surface area (Å²) < 4.78 is 0. The fourth-order valence-electron chi connectivity index (χ4n) is 0.820. The molecular weight excluding hydrogens is 140 g/mol. The molecule has 3 nitrogen and oxygen atoms in total. The van der Waals surface area contributed by atoms with Gasteiger partial charge in [0, 0.05) is 7.05 Å². The van der Waals surface area contributed by atoms with Gasteiger partial charge in [0.15, 0.2) is 0 Å². The molecule has 0 radical (unpaired) electrons. The van der Waals surface area contributed by atoms with E-state index in [0.717, 1.165) is 0 Å². The van der Waals surface area contributed by atoms with Gasteiger partial charge in [-0.3, -0.25) is 5.41 Å². The second kappa shape index (κ2) is 3.05. The first kappa shape index (κ1) is 7.60. The van der Waals surface area contributed by atoms with Gasteiger partial charge in [0.05, 0.1) is 5.56 Å². The third kappa shape index (κ3) is 1.49. The molecule has 11 heavy (non-hydrogen) atoms. The molecule has 0 saturated heterocycles. The van der Waals surface area contributed by atoms with E-state index in [0.29, 0.717) is 5.56 Å². The Bertz CT molecular complexity index is 271. The molecule has 3 N–H and O–H groups in total. The van der Waals surface area contributed by atoms with Gasteiger partial charge in [-0.05, 0) is 12.1 Å². The lowest BCUT2D eigenvalue weighted by molar-refractivity contribution is 0.474. The fraction of sp³-hybridized carbons (Fsp3) is 0.125. The number of amidine groups is 1. The Labute approximate surface area is 65.2 Å². The van der Waals surface area contributed by atoms with Crippen molar-refractivity contribution in [2.75, 3.05) is 7.05 Å². The van der Waals surface area contributed by atoms with E-state index in [2.05, 4.69) is 5.32 Å². The zero-order chi connectivity index (χ0) is 8.27. The second-order valence-corrected chi connectivity index (χ2v) is 2.14. The van der Waals surface area contributed by atoms with Crippen LogP contribution in [0.2, 0.25) is 0 Å². The highest BCUT2D eigenvalue weighted by molar-refractivity contribution is 5.98. The maximum atomic E-state index is 9.23. The number of phenolic OH excluding ortho intramolecular Hbond substituents is 1. The third-order valence-corrected chi connectivity index (χ3v) is 1.42. The summed E-state index contributed by atoms with van der Waals surface area (Å²) in [4.78, 5) is 0. The summed E-state index contributed by atoms with van der Waals surface area (Å²) in [6.07, 6.45) is 0. The Hall–Kier alpha value is -1.51. The second-order valence-electron chi connectivity index (χ2n) is 2.14. The number of para-hydroxylation sites is 1. The number of hydrogen-bond donors (Lipinski definition) is 3. The van der Waals surface area contributed by atoms with E-state index in [1.54, 1.807) is 31.3 Å². The highest BCUT2D eigenvalue weighted by atomic mass is 16.3. The van der Waals surface area contributed by atoms with Gasteiger partial charge in [0.1, 0.15) is 11.6 Å². The zero-order valence-electron chi connectivity index (χ0n) is 6.26. The van der Waals surface area contributed by atoms with Crippen LogP contribution < -0.4 is 5.32 Å². The molecule has 0 bridgehead atoms. The van der Waals surface area contributed by atoms with Gasteiger partial charge < -0.3 is 10.4 Å². The van der Waals surface area contributed by atoms with E-state index in [4.69, 9.17) is 5.41 Å². The molecule has 3 heteroatoms. The number of phenols is 1. The molecule has 0 unspecified atom stereocenters. The average molecular weight is 150 g/mol. The summed E-state index contributed by atoms with van der Waals surface area (Å²) in [7, 11) is 1.65. The van der Waals surface area contributed by atoms with Gasteiger partial charge in [-0.2, -0.15) is 0 Å². The van der Waals surface area contributed by atoms with E-state index in [1.165, 1.54) is 0 Å². The van der Waals surface area contributed by atoms with E-state index in [1.807, 2.05) is 0 Å². The largest absolute Gasteiger partial charge is 0.507 e. The van der Waals surface area contributed by atoms with Crippen LogP contribution in [0.15, 0.2) is 24.3 Å². The number of aromatic hydroxyl groups is 1. The molecule has 58 valence electrons. The number of hydrogen-bond acceptors (Lipinski definition) is 2. The maximum Gasteiger partial charge on any atom is 0.128 e. The quantitative estimate of drug-likeness (QED) is 0.412. The van der Waals surface area contributed by atoms with Crippen LogP contribution >= 0.6 is 0 Å². The van der Waals surface area contributed by atoms with Gasteiger partial charge in [0.25, 0.3) is 0 Å². The minimum absolute atomic E-state index is 0.131. The Balaban J connectivity index is 3.03. The third-order valence-electron chi connectivity index (χ3n) is 1.42. The fourth-order valence-corrected chi connectivity index (χ4v) is 0.820. The number of nitrogens with one attached hydrogen (secondary N) is 2. The van der Waals surface area contributed by atoms with E-state index < -0.39 is 0 Å². The van der Waals surface area contributed by atoms with Crippen molar-refractivity contribution in [3.05, 3.63) is 29.8 Å². The number of benzene rings is 1. The number of rotatable bonds is 1. The predicted molar refractivity (Wildman–Crippen MR) is 44.0 cm³/mol. The summed E-state index contributed by atoms with van der Waals surface area (Å²) in [6, 6.07) is 6.75. The lowest BCUT2D eigenvalue weighted by Gasteiger charge is -2.03. The molecule has 0 spiro atoms. The van der Waals surface area contributed by atoms with Gasteiger partial charge in [0.2, 0.25) is 0 Å². The molecule has 0 aliphatic carbocycles. The summed E-state index contributed by atoms with van der Waals surface area (Å²) in [5.41, 5.74) is 0.523. The minimum atomic E-state index is 0.131. The molecule has 0 atom stereocenters. The standard InChI is InChI=1S/C8H10N2O/c1-10-8(9)6-4-2-3-5-7(6)11/h2-5,11H,1H3,(H2,9,10). The van der Waals surface area contributed by atoms with Crippen LogP contribution in [0.4, 0.5) is 0 Å². The van der Waals surface area contributed by atoms with Crippen molar-refractivity contribution < 1.29 is 5.11 Å². The first-order chi connectivity index (χ1) is 5.25. The Morgan fingerprint density at radius 1 is 1.45 bits per heavy atom. The first-order valence-electron chi connectivity index (χ1n) is 3.30. The molecule has 0 heterocycles. The Morgan fingerprint density at radius 2 is 2.09 bits per heavy atom. The molecule has 0 aliphatic rings. The van der Waals surface area contributed by atoms with Crippen LogP contribution in [0.1, 0.15) is 5.56 Å². The van der Waals surface area contributed by atoms with Crippen molar-refractivity contribution in [3.63, 3.8) is 0 Å². The molecule has 0 fully saturated rings. The van der Waals surface area contributed by atoms with Gasteiger partial charge in [-0.25, -0.2) is 0 Å². The molecule has 1 aromatic carbocycles.